The number of anilines is 1. The third-order valence-corrected chi connectivity index (χ3v) is 14.6. The second kappa shape index (κ2) is 30.7. The Morgan fingerprint density at radius 2 is 1.07 bits per heavy atom. The van der Waals surface area contributed by atoms with Gasteiger partial charge in [0.15, 0.2) is 33.4 Å². The maximum atomic E-state index is 6.31. The number of nitrogens with one attached hydrogen (secondary N) is 4. The molecule has 74 heavy (non-hydrogen) atoms. The van der Waals surface area contributed by atoms with Crippen molar-refractivity contribution in [3.05, 3.63) is 116 Å². The highest BCUT2D eigenvalue weighted by Crippen LogP contribution is 2.27. The average molecular weight is 1130 g/mol. The van der Waals surface area contributed by atoms with Crippen LogP contribution in [-0.2, 0) is 12.4 Å². The Labute approximate surface area is 461 Å². The number of benzene rings is 2. The summed E-state index contributed by atoms with van der Waals surface area (Å²) in [6, 6.07) is 10.8. The van der Waals surface area contributed by atoms with Gasteiger partial charge in [-0.25, -0.2) is 39.9 Å². The van der Waals surface area contributed by atoms with E-state index in [0.717, 1.165) is 72.9 Å². The first-order chi connectivity index (χ1) is 36.2. The Morgan fingerprint density at radius 3 is 1.64 bits per heavy atom. The number of nitrogens with two attached hydrogens (primary N) is 1. The standard InChI is InChI=1S/C19H22Cl2N6.C12H18N6.C7H5Cl3.C7H16N2.C5H3ClN4/c20-15-5-4-6-16(21)14(15)11-27-13-25-18(17-19(27)24-12-23-17)22-7-10-26-8-2-1-3-9-26;1-2-5-18(6-3-1)7-4-13-11-10-12(15-8-14-10)17-9-16-11;8-4-5-6(9)2-1-3-7(5)10;8-4-7-9-5-2-1-3-6-9;6-4-3-5(9-1-7-3)10-2-8-4/h4-6,12-13H,1-3,7-11H2,(H,23,24);8-9H,1-7H2,(H2,13,14,15,16,17);1-3H,4H2;1-8H2;1-2H,(H,7,8,9,10). The zero-order valence-electron chi connectivity index (χ0n) is 41.4. The maximum absolute atomic E-state index is 6.31. The van der Waals surface area contributed by atoms with Gasteiger partial charge in [-0.1, -0.05) is 89.4 Å². The van der Waals surface area contributed by atoms with E-state index in [1.54, 1.807) is 43.5 Å². The van der Waals surface area contributed by atoms with Gasteiger partial charge in [0.25, 0.3) is 0 Å². The van der Waals surface area contributed by atoms with Gasteiger partial charge in [0.2, 0.25) is 0 Å². The van der Waals surface area contributed by atoms with Crippen molar-refractivity contribution in [3.8, 4) is 0 Å². The SMILES string of the molecule is ClCc1c(Cl)cccc1Cl.Clc1cccc(Cl)c1Cn1cnc(=NCCN2CCCCC2)c2[nH]cnc21.Clc1ncnc2nc[nH]c12.NCCN1CCCCC1.c1nc(NCCN2CCCCC2)c2[nH]cnc2n1. The minimum absolute atomic E-state index is 0.360. The lowest BCUT2D eigenvalue weighted by Gasteiger charge is -2.26. The number of likely N-dealkylation sites (tertiary alicyclic amines) is 3. The van der Waals surface area contributed by atoms with Gasteiger partial charge in [0.1, 0.15) is 29.2 Å². The molecule has 2 aromatic carbocycles. The number of aromatic amines is 3. The van der Waals surface area contributed by atoms with Crippen LogP contribution in [0.5, 0.6) is 0 Å². The number of alkyl halides is 1. The molecule has 0 radical (unpaired) electrons. The Bertz CT molecular complexity index is 2930. The zero-order chi connectivity index (χ0) is 51.9. The van der Waals surface area contributed by atoms with Gasteiger partial charge < -0.3 is 45.3 Å². The molecule has 3 aliphatic heterocycles. The summed E-state index contributed by atoms with van der Waals surface area (Å²) >= 11 is 35.4. The molecule has 6 N–H and O–H groups in total. The van der Waals surface area contributed by atoms with Gasteiger partial charge in [-0.2, -0.15) is 0 Å². The van der Waals surface area contributed by atoms with Gasteiger partial charge in [0.05, 0.1) is 44.3 Å². The van der Waals surface area contributed by atoms with Gasteiger partial charge in [-0.3, -0.25) is 4.99 Å². The molecular formula is C50H64Cl6N18. The van der Waals surface area contributed by atoms with E-state index >= 15 is 0 Å². The minimum atomic E-state index is 0.360. The van der Waals surface area contributed by atoms with E-state index in [9.17, 15) is 0 Å². The third-order valence-electron chi connectivity index (χ3n) is 12.6. The molecule has 3 fully saturated rings. The van der Waals surface area contributed by atoms with Gasteiger partial charge in [0, 0.05) is 63.9 Å². The van der Waals surface area contributed by atoms with Crippen LogP contribution >= 0.6 is 69.6 Å². The number of hydrogen-bond acceptors (Lipinski definition) is 14. The van der Waals surface area contributed by atoms with E-state index in [1.807, 2.05) is 22.8 Å². The number of rotatable bonds is 12. The first-order valence-electron chi connectivity index (χ1n) is 25.1. The molecule has 8 aromatic rings. The Kier molecular flexibility index (Phi) is 23.7. The molecule has 0 spiro atoms. The van der Waals surface area contributed by atoms with Crippen molar-refractivity contribution in [2.24, 2.45) is 10.7 Å². The molecule has 3 aliphatic rings. The molecule has 0 amide bonds. The summed E-state index contributed by atoms with van der Waals surface area (Å²) in [6.07, 6.45) is 21.7. The predicted octanol–water partition coefficient (Wildman–Crippen LogP) is 9.92. The lowest BCUT2D eigenvalue weighted by Crippen LogP contribution is -2.33. The molecule has 0 bridgehead atoms. The number of H-pyrrole nitrogens is 3. The highest BCUT2D eigenvalue weighted by Gasteiger charge is 2.14. The summed E-state index contributed by atoms with van der Waals surface area (Å²) in [5, 5.41) is 6.28. The molecule has 0 atom stereocenters. The topological polar surface area (TPSA) is 216 Å². The van der Waals surface area contributed by atoms with Crippen molar-refractivity contribution in [1.82, 2.24) is 74.1 Å². The molecule has 18 nitrogen and oxygen atoms in total. The molecule has 0 unspecified atom stereocenters. The van der Waals surface area contributed by atoms with Crippen molar-refractivity contribution in [2.45, 2.75) is 70.2 Å². The van der Waals surface area contributed by atoms with Crippen LogP contribution in [0.4, 0.5) is 5.82 Å². The zero-order valence-corrected chi connectivity index (χ0v) is 45.9. The van der Waals surface area contributed by atoms with E-state index in [1.165, 1.54) is 110 Å². The number of hydrogen-bond donors (Lipinski definition) is 5. The fourth-order valence-electron chi connectivity index (χ4n) is 8.66. The van der Waals surface area contributed by atoms with Crippen LogP contribution in [0.2, 0.25) is 25.2 Å². The van der Waals surface area contributed by atoms with E-state index in [0.29, 0.717) is 60.0 Å². The van der Waals surface area contributed by atoms with Crippen molar-refractivity contribution >= 4 is 109 Å². The van der Waals surface area contributed by atoms with Crippen LogP contribution in [-0.4, -0.2) is 153 Å². The molecule has 11 rings (SSSR count). The normalized spacial score (nSPS) is 15.6. The summed E-state index contributed by atoms with van der Waals surface area (Å²) in [7, 11) is 0. The van der Waals surface area contributed by atoms with Crippen LogP contribution in [0.25, 0.3) is 33.5 Å². The van der Waals surface area contributed by atoms with Gasteiger partial charge >= 0.3 is 0 Å². The second-order valence-corrected chi connectivity index (χ2v) is 20.0. The summed E-state index contributed by atoms with van der Waals surface area (Å²) in [4.78, 5) is 54.1. The minimum Gasteiger partial charge on any atom is -0.367 e. The Balaban J connectivity index is 0.000000146. The van der Waals surface area contributed by atoms with E-state index in [4.69, 9.17) is 80.3 Å². The summed E-state index contributed by atoms with van der Waals surface area (Å²) < 4.78 is 1.93. The van der Waals surface area contributed by atoms with Gasteiger partial charge in [-0.15, -0.1) is 11.6 Å². The van der Waals surface area contributed by atoms with Crippen LogP contribution < -0.4 is 16.5 Å². The lowest BCUT2D eigenvalue weighted by atomic mass is 10.1. The molecule has 6 aromatic heterocycles. The molecule has 3 saturated heterocycles. The van der Waals surface area contributed by atoms with E-state index < -0.39 is 0 Å². The quantitative estimate of drug-likeness (QED) is 0.0570. The molecule has 396 valence electrons. The predicted molar refractivity (Wildman–Crippen MR) is 301 cm³/mol. The number of halogens is 6. The monoisotopic (exact) mass is 1130 g/mol. The Morgan fingerprint density at radius 1 is 0.554 bits per heavy atom. The van der Waals surface area contributed by atoms with Crippen LogP contribution in [0.15, 0.2) is 79.4 Å². The lowest BCUT2D eigenvalue weighted by molar-refractivity contribution is 0.234. The fraction of sp³-hybridized carbons (Fsp3) is 0.460. The van der Waals surface area contributed by atoms with Crippen molar-refractivity contribution in [3.63, 3.8) is 0 Å². The van der Waals surface area contributed by atoms with Crippen molar-refractivity contribution in [2.75, 3.05) is 83.9 Å². The smallest absolute Gasteiger partial charge is 0.182 e. The number of aromatic nitrogens is 12. The molecule has 24 heteroatoms. The highest BCUT2D eigenvalue weighted by molar-refractivity contribution is 6.37. The number of nitrogens with zero attached hydrogens (tertiary/aromatic N) is 13. The number of piperidine rings is 3. The molecule has 0 saturated carbocycles. The highest BCUT2D eigenvalue weighted by atomic mass is 35.5. The van der Waals surface area contributed by atoms with Crippen molar-refractivity contribution < 1.29 is 0 Å². The summed E-state index contributed by atoms with van der Waals surface area (Å²) in [5.74, 6) is 1.20. The van der Waals surface area contributed by atoms with Crippen LogP contribution in [0, 0.1) is 0 Å². The Hall–Kier alpha value is -4.73. The van der Waals surface area contributed by atoms with E-state index in [2.05, 4.69) is 74.8 Å². The molecular weight excluding hydrogens is 1070 g/mol. The average Bonchev–Trinajstić information content (AvgIpc) is 4.24. The largest absolute Gasteiger partial charge is 0.367 e. The first kappa shape index (κ1) is 57.0. The van der Waals surface area contributed by atoms with E-state index in [-0.39, 0.29) is 0 Å². The number of imidazole rings is 3. The van der Waals surface area contributed by atoms with Crippen molar-refractivity contribution in [1.29, 1.82) is 0 Å². The summed E-state index contributed by atoms with van der Waals surface area (Å²) in [5.41, 5.74) is 12.3. The van der Waals surface area contributed by atoms with Crippen LogP contribution in [0.1, 0.15) is 68.9 Å². The van der Waals surface area contributed by atoms with Gasteiger partial charge in [-0.05, 0) is 102 Å². The second-order valence-electron chi connectivity index (χ2n) is 17.7. The molecule has 0 aliphatic carbocycles. The van der Waals surface area contributed by atoms with Crippen LogP contribution in [0.3, 0.4) is 0 Å². The summed E-state index contributed by atoms with van der Waals surface area (Å²) in [6.45, 7) is 13.5. The molecule has 9 heterocycles. The third kappa shape index (κ3) is 17.1. The first-order valence-corrected chi connectivity index (χ1v) is 27.5. The number of fused-ring (bicyclic) bond motifs is 3. The maximum Gasteiger partial charge on any atom is 0.182 e. The fourth-order valence-corrected chi connectivity index (χ4v) is 10.3.